The molecule has 3 aliphatic rings. The lowest BCUT2D eigenvalue weighted by molar-refractivity contribution is 0.0457. The number of benzene rings is 1. The summed E-state index contributed by atoms with van der Waals surface area (Å²) in [6.07, 6.45) is 4.55. The zero-order valence-corrected chi connectivity index (χ0v) is 14.4. The molecular weight excluding hydrogens is 310 g/mol. The van der Waals surface area contributed by atoms with E-state index < -0.39 is 0 Å². The summed E-state index contributed by atoms with van der Waals surface area (Å²) in [5, 5.41) is 13.8. The molecule has 0 amide bonds. The van der Waals surface area contributed by atoms with Crippen LogP contribution in [0, 0.1) is 5.92 Å². The van der Waals surface area contributed by atoms with Gasteiger partial charge in [0, 0.05) is 34.7 Å². The van der Waals surface area contributed by atoms with E-state index in [0.717, 1.165) is 28.5 Å². The zero-order chi connectivity index (χ0) is 16.8. The molecular formula is C20H23N5. The number of hydrogen-bond acceptors (Lipinski definition) is 4. The molecule has 128 valence electrons. The molecule has 25 heavy (non-hydrogen) atoms. The average molecular weight is 333 g/mol. The van der Waals surface area contributed by atoms with Crippen molar-refractivity contribution in [2.45, 2.75) is 31.8 Å². The number of nitrogens with one attached hydrogen (secondary N) is 2. The number of anilines is 1. The van der Waals surface area contributed by atoms with E-state index in [1.54, 1.807) is 0 Å². The van der Waals surface area contributed by atoms with Gasteiger partial charge in [-0.25, -0.2) is 0 Å². The first-order chi connectivity index (χ1) is 12.3. The van der Waals surface area contributed by atoms with Crippen LogP contribution in [0.1, 0.15) is 19.8 Å². The van der Waals surface area contributed by atoms with Crippen LogP contribution in [0.25, 0.3) is 22.2 Å². The van der Waals surface area contributed by atoms with E-state index in [2.05, 4.69) is 68.7 Å². The number of aromatic amines is 1. The van der Waals surface area contributed by atoms with E-state index in [9.17, 15) is 0 Å². The van der Waals surface area contributed by atoms with Gasteiger partial charge < -0.3 is 10.3 Å². The van der Waals surface area contributed by atoms with Crippen molar-refractivity contribution in [2.75, 3.05) is 18.4 Å². The van der Waals surface area contributed by atoms with Crippen LogP contribution in [0.2, 0.25) is 0 Å². The van der Waals surface area contributed by atoms with Crippen molar-refractivity contribution in [2.24, 2.45) is 5.92 Å². The van der Waals surface area contributed by atoms with Crippen LogP contribution < -0.4 is 5.32 Å². The van der Waals surface area contributed by atoms with Gasteiger partial charge in [-0.3, -0.25) is 4.90 Å². The van der Waals surface area contributed by atoms with Crippen LogP contribution in [-0.4, -0.2) is 45.3 Å². The fraction of sp³-hybridized carbons (Fsp3) is 0.400. The van der Waals surface area contributed by atoms with E-state index in [1.807, 2.05) is 6.20 Å². The number of rotatable bonds is 3. The molecule has 0 radical (unpaired) electrons. The highest BCUT2D eigenvalue weighted by Crippen LogP contribution is 2.34. The van der Waals surface area contributed by atoms with Crippen LogP contribution in [0.15, 0.2) is 42.6 Å². The Balaban J connectivity index is 1.40. The maximum atomic E-state index is 4.49. The maximum Gasteiger partial charge on any atom is 0.148 e. The summed E-state index contributed by atoms with van der Waals surface area (Å²) in [5.74, 6) is 1.64. The topological polar surface area (TPSA) is 56.8 Å². The van der Waals surface area contributed by atoms with Gasteiger partial charge in [0.15, 0.2) is 0 Å². The van der Waals surface area contributed by atoms with Crippen LogP contribution in [0.4, 0.5) is 5.82 Å². The van der Waals surface area contributed by atoms with Crippen molar-refractivity contribution in [3.63, 3.8) is 0 Å². The van der Waals surface area contributed by atoms with E-state index >= 15 is 0 Å². The Bertz CT molecular complexity index is 874. The second-order valence-corrected chi connectivity index (χ2v) is 7.33. The molecule has 5 heteroatoms. The Labute approximate surface area is 147 Å². The highest BCUT2D eigenvalue weighted by molar-refractivity contribution is 5.94. The molecule has 1 aromatic carbocycles. The third kappa shape index (κ3) is 2.50. The Morgan fingerprint density at radius 3 is 2.72 bits per heavy atom. The molecule has 0 aliphatic carbocycles. The minimum atomic E-state index is 0.482. The van der Waals surface area contributed by atoms with Crippen molar-refractivity contribution in [1.82, 2.24) is 20.1 Å². The van der Waals surface area contributed by atoms with Gasteiger partial charge in [-0.05, 0) is 63.0 Å². The van der Waals surface area contributed by atoms with Crippen molar-refractivity contribution in [3.05, 3.63) is 42.6 Å². The molecule has 3 aromatic rings. The molecule has 2 atom stereocenters. The first kappa shape index (κ1) is 14.9. The molecule has 5 nitrogen and oxygen atoms in total. The quantitative estimate of drug-likeness (QED) is 0.770. The fourth-order valence-corrected chi connectivity index (χ4v) is 4.58. The van der Waals surface area contributed by atoms with Gasteiger partial charge in [0.25, 0.3) is 0 Å². The second-order valence-electron chi connectivity index (χ2n) is 7.33. The van der Waals surface area contributed by atoms with Crippen LogP contribution in [0.3, 0.4) is 0 Å². The number of nitrogens with zero attached hydrogens (tertiary/aromatic N) is 3. The number of piperidine rings is 3. The molecule has 5 heterocycles. The molecule has 2 bridgehead atoms. The first-order valence-electron chi connectivity index (χ1n) is 9.20. The number of fused-ring (bicyclic) bond motifs is 4. The first-order valence-corrected chi connectivity index (χ1v) is 9.20. The highest BCUT2D eigenvalue weighted by atomic mass is 15.2. The molecule has 2 aromatic heterocycles. The molecule has 3 saturated heterocycles. The molecule has 3 fully saturated rings. The molecule has 3 aliphatic heterocycles. The summed E-state index contributed by atoms with van der Waals surface area (Å²) in [7, 11) is 0. The highest BCUT2D eigenvalue weighted by Gasteiger charge is 2.39. The SMILES string of the molecule is C[C@@H]1[C@H](Nc2ccc(-c3cccc4[nH]ccc34)nn2)C2CCN1CC2. The van der Waals surface area contributed by atoms with Crippen LogP contribution in [0.5, 0.6) is 0 Å². The van der Waals surface area contributed by atoms with Gasteiger partial charge in [0.2, 0.25) is 0 Å². The Morgan fingerprint density at radius 1 is 1.08 bits per heavy atom. The predicted octanol–water partition coefficient (Wildman–Crippen LogP) is 3.52. The van der Waals surface area contributed by atoms with Crippen LogP contribution >= 0.6 is 0 Å². The van der Waals surface area contributed by atoms with Crippen molar-refractivity contribution in [3.8, 4) is 11.3 Å². The number of H-pyrrole nitrogens is 1. The predicted molar refractivity (Wildman–Crippen MR) is 100 cm³/mol. The van der Waals surface area contributed by atoms with Gasteiger partial charge >= 0.3 is 0 Å². The molecule has 2 N–H and O–H groups in total. The molecule has 0 spiro atoms. The normalized spacial score (nSPS) is 28.4. The summed E-state index contributed by atoms with van der Waals surface area (Å²) < 4.78 is 0. The van der Waals surface area contributed by atoms with Crippen LogP contribution in [-0.2, 0) is 0 Å². The number of hydrogen-bond donors (Lipinski definition) is 2. The molecule has 0 saturated carbocycles. The van der Waals surface area contributed by atoms with Crippen molar-refractivity contribution in [1.29, 1.82) is 0 Å². The summed E-state index contributed by atoms with van der Waals surface area (Å²) in [6, 6.07) is 13.5. The second kappa shape index (κ2) is 5.85. The van der Waals surface area contributed by atoms with E-state index in [1.165, 1.54) is 31.3 Å². The van der Waals surface area contributed by atoms with Crippen molar-refractivity contribution >= 4 is 16.7 Å². The van der Waals surface area contributed by atoms with E-state index in [-0.39, 0.29) is 0 Å². The van der Waals surface area contributed by atoms with Gasteiger partial charge in [0.1, 0.15) is 5.82 Å². The summed E-state index contributed by atoms with van der Waals surface area (Å²) in [5.41, 5.74) is 3.16. The smallest absolute Gasteiger partial charge is 0.148 e. The lowest BCUT2D eigenvalue weighted by Gasteiger charge is -2.50. The van der Waals surface area contributed by atoms with Gasteiger partial charge in [-0.15, -0.1) is 10.2 Å². The minimum Gasteiger partial charge on any atom is -0.364 e. The molecule has 6 rings (SSSR count). The Hall–Kier alpha value is -2.40. The average Bonchev–Trinajstić information content (AvgIpc) is 3.14. The van der Waals surface area contributed by atoms with Crippen molar-refractivity contribution < 1.29 is 0 Å². The monoisotopic (exact) mass is 333 g/mol. The summed E-state index contributed by atoms with van der Waals surface area (Å²) >= 11 is 0. The largest absolute Gasteiger partial charge is 0.364 e. The molecule has 0 unspecified atom stereocenters. The lowest BCUT2D eigenvalue weighted by Crippen LogP contribution is -2.59. The minimum absolute atomic E-state index is 0.482. The van der Waals surface area contributed by atoms with E-state index in [4.69, 9.17) is 0 Å². The third-order valence-corrected chi connectivity index (χ3v) is 6.03. The fourth-order valence-electron chi connectivity index (χ4n) is 4.58. The zero-order valence-electron chi connectivity index (χ0n) is 14.4. The summed E-state index contributed by atoms with van der Waals surface area (Å²) in [6.45, 7) is 4.82. The van der Waals surface area contributed by atoms with Gasteiger partial charge in [-0.2, -0.15) is 0 Å². The number of aromatic nitrogens is 3. The Kier molecular flexibility index (Phi) is 3.48. The third-order valence-electron chi connectivity index (χ3n) is 6.03. The summed E-state index contributed by atoms with van der Waals surface area (Å²) in [4.78, 5) is 5.84. The van der Waals surface area contributed by atoms with Gasteiger partial charge in [-0.1, -0.05) is 12.1 Å². The van der Waals surface area contributed by atoms with Gasteiger partial charge in [0.05, 0.1) is 5.69 Å². The standard InChI is InChI=1S/C20H23N5/c1-13-20(14-8-11-25(13)12-9-14)22-19-6-5-18(23-24-19)15-3-2-4-17-16(15)7-10-21-17/h2-7,10,13-14,20-21H,8-9,11-12H2,1H3,(H,22,24)/t13-,20+/m1/s1. The Morgan fingerprint density at radius 2 is 1.96 bits per heavy atom. The van der Waals surface area contributed by atoms with E-state index in [0.29, 0.717) is 12.1 Å². The maximum absolute atomic E-state index is 4.49. The lowest BCUT2D eigenvalue weighted by atomic mass is 9.79.